The van der Waals surface area contributed by atoms with Gasteiger partial charge in [-0.3, -0.25) is 0 Å². The van der Waals surface area contributed by atoms with Crippen LogP contribution in [0.15, 0.2) is 40.9 Å². The molecular weight excluding hydrogens is 415 g/mol. The summed E-state index contributed by atoms with van der Waals surface area (Å²) in [7, 11) is 0. The summed E-state index contributed by atoms with van der Waals surface area (Å²) >= 11 is 19.1. The van der Waals surface area contributed by atoms with E-state index in [4.69, 9.17) is 27.9 Å². The number of para-hydroxylation sites is 1. The lowest BCUT2D eigenvalue weighted by atomic mass is 10.2. The van der Waals surface area contributed by atoms with Crippen molar-refractivity contribution in [3.05, 3.63) is 62.0 Å². The van der Waals surface area contributed by atoms with Crippen molar-refractivity contribution in [2.75, 3.05) is 0 Å². The van der Waals surface area contributed by atoms with Crippen LogP contribution in [0.5, 0.6) is 5.75 Å². The summed E-state index contributed by atoms with van der Waals surface area (Å²) in [4.78, 5) is 0. The molecule has 2 aromatic carbocycles. The van der Waals surface area contributed by atoms with E-state index in [1.807, 2.05) is 36.4 Å². The van der Waals surface area contributed by atoms with E-state index in [9.17, 15) is 0 Å². The molecule has 100 valence electrons. The van der Waals surface area contributed by atoms with Crippen LogP contribution in [-0.4, -0.2) is 0 Å². The van der Waals surface area contributed by atoms with Crippen molar-refractivity contribution in [1.29, 1.82) is 0 Å². The van der Waals surface area contributed by atoms with Crippen LogP contribution >= 0.6 is 55.1 Å². The van der Waals surface area contributed by atoms with E-state index in [2.05, 4.69) is 31.9 Å². The average molecular weight is 425 g/mol. The summed E-state index contributed by atoms with van der Waals surface area (Å²) in [6, 6.07) is 11.4. The molecule has 0 radical (unpaired) electrons. The zero-order valence-corrected chi connectivity index (χ0v) is 14.5. The minimum atomic E-state index is 0.385. The van der Waals surface area contributed by atoms with Crippen LogP contribution in [0.2, 0.25) is 10.0 Å². The predicted octanol–water partition coefficient (Wildman–Crippen LogP) is 6.23. The van der Waals surface area contributed by atoms with Crippen molar-refractivity contribution >= 4 is 55.1 Å². The molecule has 0 spiro atoms. The first kappa shape index (κ1) is 15.2. The van der Waals surface area contributed by atoms with Gasteiger partial charge in [-0.05, 0) is 18.2 Å². The molecule has 5 heteroatoms. The maximum absolute atomic E-state index is 6.16. The van der Waals surface area contributed by atoms with Gasteiger partial charge in [0.2, 0.25) is 0 Å². The highest BCUT2D eigenvalue weighted by atomic mass is 79.9. The first-order chi connectivity index (χ1) is 9.11. The van der Waals surface area contributed by atoms with Gasteiger partial charge in [-0.2, -0.15) is 0 Å². The monoisotopic (exact) mass is 422 g/mol. The summed E-state index contributed by atoms with van der Waals surface area (Å²) in [5, 5.41) is 1.96. The predicted molar refractivity (Wildman–Crippen MR) is 87.6 cm³/mol. The van der Waals surface area contributed by atoms with E-state index in [0.29, 0.717) is 27.7 Å². The van der Waals surface area contributed by atoms with Gasteiger partial charge in [-0.15, -0.1) is 0 Å². The molecule has 0 aliphatic carbocycles. The summed E-state index contributed by atoms with van der Waals surface area (Å²) in [5.74, 6) is 0.694. The Labute approximate surface area is 139 Å². The van der Waals surface area contributed by atoms with Crippen molar-refractivity contribution < 1.29 is 4.74 Å². The lowest BCUT2D eigenvalue weighted by Gasteiger charge is -2.12. The molecule has 1 nitrogen and oxygen atoms in total. The third-order valence-corrected chi connectivity index (χ3v) is 4.33. The Bertz CT molecular complexity index is 588. The molecule has 19 heavy (non-hydrogen) atoms. The van der Waals surface area contributed by atoms with Gasteiger partial charge in [0, 0.05) is 26.0 Å². The van der Waals surface area contributed by atoms with Gasteiger partial charge < -0.3 is 4.74 Å². The zero-order valence-electron chi connectivity index (χ0n) is 9.80. The molecule has 0 amide bonds. The largest absolute Gasteiger partial charge is 0.487 e. The Balaban J connectivity index is 2.19. The summed E-state index contributed by atoms with van der Waals surface area (Å²) in [5.41, 5.74) is 1.94. The van der Waals surface area contributed by atoms with Crippen molar-refractivity contribution in [3.8, 4) is 5.75 Å². The third-order valence-electron chi connectivity index (χ3n) is 2.58. The molecule has 0 fully saturated rings. The minimum absolute atomic E-state index is 0.385. The number of ether oxygens (including phenoxy) is 1. The van der Waals surface area contributed by atoms with Gasteiger partial charge in [-0.25, -0.2) is 0 Å². The average Bonchev–Trinajstić information content (AvgIpc) is 2.39. The second-order valence-electron chi connectivity index (χ2n) is 3.89. The number of hydrogen-bond donors (Lipinski definition) is 0. The van der Waals surface area contributed by atoms with Gasteiger partial charge in [-0.1, -0.05) is 73.3 Å². The Hall–Kier alpha value is -0.220. The van der Waals surface area contributed by atoms with E-state index < -0.39 is 0 Å². The molecule has 0 saturated carbocycles. The van der Waals surface area contributed by atoms with Crippen LogP contribution in [0.3, 0.4) is 0 Å². The number of alkyl halides is 1. The molecule has 2 aromatic rings. The molecule has 0 saturated heterocycles. The van der Waals surface area contributed by atoms with E-state index >= 15 is 0 Å². The number of benzene rings is 2. The first-order valence-electron chi connectivity index (χ1n) is 5.52. The van der Waals surface area contributed by atoms with Crippen molar-refractivity contribution in [3.63, 3.8) is 0 Å². The first-order valence-corrected chi connectivity index (χ1v) is 8.19. The second kappa shape index (κ2) is 6.98. The molecule has 0 N–H and O–H groups in total. The number of halogens is 4. The van der Waals surface area contributed by atoms with Gasteiger partial charge in [0.25, 0.3) is 0 Å². The summed E-state index contributed by atoms with van der Waals surface area (Å²) in [6.07, 6.45) is 0. The SMILES string of the molecule is Clc1cc(Br)ccc1COc1c(Cl)cccc1CBr. The van der Waals surface area contributed by atoms with Crippen LogP contribution < -0.4 is 4.74 Å². The molecular formula is C14H10Br2Cl2O. The van der Waals surface area contributed by atoms with Crippen molar-refractivity contribution in [2.45, 2.75) is 11.9 Å². The lowest BCUT2D eigenvalue weighted by molar-refractivity contribution is 0.304. The molecule has 0 heterocycles. The zero-order chi connectivity index (χ0) is 13.8. The Morgan fingerprint density at radius 1 is 1.00 bits per heavy atom. The minimum Gasteiger partial charge on any atom is -0.487 e. The smallest absolute Gasteiger partial charge is 0.142 e. The van der Waals surface area contributed by atoms with Gasteiger partial charge in [0.05, 0.1) is 5.02 Å². The molecule has 0 unspecified atom stereocenters. The maximum atomic E-state index is 6.16. The van der Waals surface area contributed by atoms with Crippen LogP contribution in [0.4, 0.5) is 0 Å². The maximum Gasteiger partial charge on any atom is 0.142 e. The van der Waals surface area contributed by atoms with Crippen LogP contribution in [0.25, 0.3) is 0 Å². The Morgan fingerprint density at radius 2 is 1.79 bits per heavy atom. The third kappa shape index (κ3) is 3.88. The lowest BCUT2D eigenvalue weighted by Crippen LogP contribution is -1.99. The molecule has 2 rings (SSSR count). The molecule has 0 atom stereocenters. The van der Waals surface area contributed by atoms with Gasteiger partial charge >= 0.3 is 0 Å². The van der Waals surface area contributed by atoms with E-state index in [1.54, 1.807) is 0 Å². The van der Waals surface area contributed by atoms with E-state index in [0.717, 1.165) is 15.6 Å². The summed E-state index contributed by atoms with van der Waals surface area (Å²) < 4.78 is 6.75. The van der Waals surface area contributed by atoms with E-state index in [-0.39, 0.29) is 0 Å². The van der Waals surface area contributed by atoms with Crippen LogP contribution in [-0.2, 0) is 11.9 Å². The highest BCUT2D eigenvalue weighted by molar-refractivity contribution is 9.10. The highest BCUT2D eigenvalue weighted by Crippen LogP contribution is 2.31. The molecule has 0 aliphatic heterocycles. The fraction of sp³-hybridized carbons (Fsp3) is 0.143. The second-order valence-corrected chi connectivity index (χ2v) is 6.18. The summed E-state index contributed by atoms with van der Waals surface area (Å²) in [6.45, 7) is 0.385. The molecule has 0 bridgehead atoms. The quantitative estimate of drug-likeness (QED) is 0.528. The Kier molecular flexibility index (Phi) is 5.58. The topological polar surface area (TPSA) is 9.23 Å². The number of rotatable bonds is 4. The fourth-order valence-corrected chi connectivity index (χ4v) is 3.03. The Morgan fingerprint density at radius 3 is 2.47 bits per heavy atom. The normalized spacial score (nSPS) is 10.5. The number of hydrogen-bond acceptors (Lipinski definition) is 1. The van der Waals surface area contributed by atoms with Crippen LogP contribution in [0, 0.1) is 0 Å². The van der Waals surface area contributed by atoms with Crippen molar-refractivity contribution in [1.82, 2.24) is 0 Å². The molecule has 0 aliphatic rings. The highest BCUT2D eigenvalue weighted by Gasteiger charge is 2.09. The van der Waals surface area contributed by atoms with Gasteiger partial charge in [0.15, 0.2) is 0 Å². The fourth-order valence-electron chi connectivity index (χ4n) is 1.61. The standard InChI is InChI=1S/C14H10Br2Cl2O/c15-7-9-2-1-3-12(17)14(9)19-8-10-4-5-11(16)6-13(10)18/h1-6H,7-8H2. The van der Waals surface area contributed by atoms with Crippen LogP contribution in [0.1, 0.15) is 11.1 Å². The van der Waals surface area contributed by atoms with Crippen molar-refractivity contribution in [2.24, 2.45) is 0 Å². The molecule has 0 aromatic heterocycles. The van der Waals surface area contributed by atoms with E-state index in [1.165, 1.54) is 0 Å². The van der Waals surface area contributed by atoms with Gasteiger partial charge in [0.1, 0.15) is 12.4 Å².